The first-order chi connectivity index (χ1) is 9.53. The molecule has 0 bridgehead atoms. The maximum Gasteiger partial charge on any atom is 0.417 e. The van der Waals surface area contributed by atoms with E-state index in [-0.39, 0.29) is 37.5 Å². The SMILES string of the molecule is CC1CN(S(=O)(=O)c2ccc(Cl)c(C(F)(F)F)c2)CC1N.Cl. The molecule has 0 saturated carbocycles. The fraction of sp³-hybridized carbons (Fsp3) is 0.500. The zero-order valence-corrected chi connectivity index (χ0v) is 13.9. The van der Waals surface area contributed by atoms with Crippen LogP contribution in [0.4, 0.5) is 13.2 Å². The lowest BCUT2D eigenvalue weighted by Crippen LogP contribution is -2.32. The highest BCUT2D eigenvalue weighted by atomic mass is 35.5. The van der Waals surface area contributed by atoms with E-state index in [1.165, 1.54) is 0 Å². The number of halogens is 5. The molecule has 1 saturated heterocycles. The van der Waals surface area contributed by atoms with Crippen molar-refractivity contribution in [2.75, 3.05) is 13.1 Å². The van der Waals surface area contributed by atoms with Gasteiger partial charge in [0.25, 0.3) is 0 Å². The normalized spacial score (nSPS) is 23.4. The highest BCUT2D eigenvalue weighted by molar-refractivity contribution is 7.89. The Morgan fingerprint density at radius 2 is 1.91 bits per heavy atom. The second-order valence-corrected chi connectivity index (χ2v) is 7.45. The predicted molar refractivity (Wildman–Crippen MR) is 79.6 cm³/mol. The summed E-state index contributed by atoms with van der Waals surface area (Å²) in [6.45, 7) is 2.07. The molecule has 126 valence electrons. The molecule has 1 heterocycles. The lowest BCUT2D eigenvalue weighted by Gasteiger charge is -2.17. The second-order valence-electron chi connectivity index (χ2n) is 5.10. The predicted octanol–water partition coefficient (Wildman–Crippen LogP) is 2.75. The number of benzene rings is 1. The fourth-order valence-corrected chi connectivity index (χ4v) is 4.00. The lowest BCUT2D eigenvalue weighted by atomic mass is 10.1. The van der Waals surface area contributed by atoms with Crippen molar-refractivity contribution in [2.45, 2.75) is 24.0 Å². The van der Waals surface area contributed by atoms with Crippen molar-refractivity contribution >= 4 is 34.0 Å². The third kappa shape index (κ3) is 3.68. The number of hydrogen-bond donors (Lipinski definition) is 1. The molecule has 1 aromatic rings. The Bertz CT molecular complexity index is 642. The summed E-state index contributed by atoms with van der Waals surface area (Å²) in [7, 11) is -4.01. The first-order valence-corrected chi connectivity index (χ1v) is 7.97. The topological polar surface area (TPSA) is 63.4 Å². The number of nitrogens with zero attached hydrogens (tertiary/aromatic N) is 1. The van der Waals surface area contributed by atoms with Crippen LogP contribution in [-0.2, 0) is 16.2 Å². The number of rotatable bonds is 2. The minimum absolute atomic E-state index is 0. The van der Waals surface area contributed by atoms with Crippen molar-refractivity contribution in [3.63, 3.8) is 0 Å². The van der Waals surface area contributed by atoms with Gasteiger partial charge >= 0.3 is 6.18 Å². The minimum atomic E-state index is -4.71. The standard InChI is InChI=1S/C12H14ClF3N2O2S.ClH/c1-7-5-18(6-11(7)17)21(19,20)8-2-3-10(13)9(4-8)12(14,15)16;/h2-4,7,11H,5-6,17H2,1H3;1H. The molecule has 1 aliphatic heterocycles. The Morgan fingerprint density at radius 3 is 2.36 bits per heavy atom. The average Bonchev–Trinajstić information content (AvgIpc) is 2.69. The molecule has 0 aliphatic carbocycles. The van der Waals surface area contributed by atoms with Crippen molar-refractivity contribution in [3.8, 4) is 0 Å². The summed E-state index contributed by atoms with van der Waals surface area (Å²) in [5.41, 5.74) is 4.59. The average molecular weight is 379 g/mol. The van der Waals surface area contributed by atoms with Crippen LogP contribution in [0.5, 0.6) is 0 Å². The van der Waals surface area contributed by atoms with Crippen LogP contribution in [0, 0.1) is 5.92 Å². The van der Waals surface area contributed by atoms with Crippen LogP contribution in [-0.4, -0.2) is 31.9 Å². The Kier molecular flexibility index (Phi) is 5.79. The van der Waals surface area contributed by atoms with Crippen molar-refractivity contribution in [2.24, 2.45) is 11.7 Å². The zero-order chi connectivity index (χ0) is 16.0. The van der Waals surface area contributed by atoms with Gasteiger partial charge in [-0.15, -0.1) is 12.4 Å². The highest BCUT2D eigenvalue weighted by Gasteiger charge is 2.38. The third-order valence-corrected chi connectivity index (χ3v) is 5.68. The van der Waals surface area contributed by atoms with Gasteiger partial charge in [0.1, 0.15) is 0 Å². The van der Waals surface area contributed by atoms with Crippen LogP contribution in [0.1, 0.15) is 12.5 Å². The number of sulfonamides is 1. The van der Waals surface area contributed by atoms with E-state index in [1.807, 2.05) is 0 Å². The molecule has 1 aromatic carbocycles. The van der Waals surface area contributed by atoms with Gasteiger partial charge in [0.2, 0.25) is 10.0 Å². The van der Waals surface area contributed by atoms with Crippen LogP contribution < -0.4 is 5.73 Å². The quantitative estimate of drug-likeness (QED) is 0.860. The van der Waals surface area contributed by atoms with E-state index in [9.17, 15) is 21.6 Å². The smallest absolute Gasteiger partial charge is 0.326 e. The van der Waals surface area contributed by atoms with Gasteiger partial charge in [-0.05, 0) is 24.1 Å². The van der Waals surface area contributed by atoms with E-state index in [0.29, 0.717) is 6.07 Å². The maximum atomic E-state index is 12.8. The molecule has 2 rings (SSSR count). The van der Waals surface area contributed by atoms with Gasteiger partial charge < -0.3 is 5.73 Å². The molecule has 2 atom stereocenters. The van der Waals surface area contributed by atoms with Gasteiger partial charge in [-0.3, -0.25) is 0 Å². The summed E-state index contributed by atoms with van der Waals surface area (Å²) in [5, 5.41) is -0.534. The van der Waals surface area contributed by atoms with Crippen molar-refractivity contribution in [1.82, 2.24) is 4.31 Å². The molecular formula is C12H15Cl2F3N2O2S. The maximum absolute atomic E-state index is 12.8. The summed E-state index contributed by atoms with van der Waals surface area (Å²) >= 11 is 5.49. The van der Waals surface area contributed by atoms with Crippen LogP contribution in [0.15, 0.2) is 23.1 Å². The van der Waals surface area contributed by atoms with E-state index >= 15 is 0 Å². The first kappa shape index (κ1) is 19.5. The first-order valence-electron chi connectivity index (χ1n) is 6.16. The molecule has 1 aliphatic rings. The molecule has 2 N–H and O–H groups in total. The van der Waals surface area contributed by atoms with E-state index < -0.39 is 31.7 Å². The van der Waals surface area contributed by atoms with Gasteiger partial charge in [-0.25, -0.2) is 8.42 Å². The van der Waals surface area contributed by atoms with E-state index in [1.54, 1.807) is 6.92 Å². The van der Waals surface area contributed by atoms with Crippen LogP contribution >= 0.6 is 24.0 Å². The van der Waals surface area contributed by atoms with Gasteiger partial charge in [0.15, 0.2) is 0 Å². The Labute approximate surface area is 137 Å². The zero-order valence-electron chi connectivity index (χ0n) is 11.5. The number of alkyl halides is 3. The summed E-state index contributed by atoms with van der Waals surface area (Å²) < 4.78 is 64.3. The second kappa shape index (κ2) is 6.52. The number of nitrogens with two attached hydrogens (primary N) is 1. The molecule has 1 fully saturated rings. The molecule has 4 nitrogen and oxygen atoms in total. The minimum Gasteiger partial charge on any atom is -0.326 e. The van der Waals surface area contributed by atoms with Crippen LogP contribution in [0.3, 0.4) is 0 Å². The van der Waals surface area contributed by atoms with Gasteiger partial charge in [-0.1, -0.05) is 18.5 Å². The van der Waals surface area contributed by atoms with Crippen molar-refractivity contribution < 1.29 is 21.6 Å². The lowest BCUT2D eigenvalue weighted by molar-refractivity contribution is -0.137. The Hall–Kier alpha value is -0.540. The monoisotopic (exact) mass is 378 g/mol. The van der Waals surface area contributed by atoms with E-state index in [4.69, 9.17) is 17.3 Å². The van der Waals surface area contributed by atoms with E-state index in [0.717, 1.165) is 16.4 Å². The van der Waals surface area contributed by atoms with Crippen molar-refractivity contribution in [1.29, 1.82) is 0 Å². The van der Waals surface area contributed by atoms with Gasteiger partial charge in [-0.2, -0.15) is 17.5 Å². The van der Waals surface area contributed by atoms with Gasteiger partial charge in [0.05, 0.1) is 15.5 Å². The van der Waals surface area contributed by atoms with Crippen LogP contribution in [0.2, 0.25) is 5.02 Å². The summed E-state index contributed by atoms with van der Waals surface area (Å²) in [4.78, 5) is -0.430. The molecule has 2 unspecified atom stereocenters. The Balaban J connectivity index is 0.00000242. The largest absolute Gasteiger partial charge is 0.417 e. The summed E-state index contributed by atoms with van der Waals surface area (Å²) in [6, 6.07) is 2.25. The summed E-state index contributed by atoms with van der Waals surface area (Å²) in [5.74, 6) is -0.0471. The Morgan fingerprint density at radius 1 is 1.32 bits per heavy atom. The summed E-state index contributed by atoms with van der Waals surface area (Å²) in [6.07, 6.45) is -4.71. The molecule has 22 heavy (non-hydrogen) atoms. The molecule has 10 heteroatoms. The third-order valence-electron chi connectivity index (χ3n) is 3.52. The molecule has 0 amide bonds. The molecular weight excluding hydrogens is 364 g/mol. The van der Waals surface area contributed by atoms with E-state index in [2.05, 4.69) is 0 Å². The number of hydrogen-bond acceptors (Lipinski definition) is 3. The molecule has 0 aromatic heterocycles. The van der Waals surface area contributed by atoms with Crippen LogP contribution in [0.25, 0.3) is 0 Å². The highest BCUT2D eigenvalue weighted by Crippen LogP contribution is 2.36. The molecule has 0 radical (unpaired) electrons. The molecule has 0 spiro atoms. The van der Waals surface area contributed by atoms with Crippen molar-refractivity contribution in [3.05, 3.63) is 28.8 Å². The fourth-order valence-electron chi connectivity index (χ4n) is 2.17. The van der Waals surface area contributed by atoms with Gasteiger partial charge in [0, 0.05) is 19.1 Å².